The molecule has 0 radical (unpaired) electrons. The van der Waals surface area contributed by atoms with Crippen molar-refractivity contribution in [1.29, 1.82) is 0 Å². The highest BCUT2D eigenvalue weighted by Gasteiger charge is 2.29. The quantitative estimate of drug-likeness (QED) is 0.893. The lowest BCUT2D eigenvalue weighted by atomic mass is 9.82. The van der Waals surface area contributed by atoms with E-state index in [-0.39, 0.29) is 17.2 Å². The number of rotatable bonds is 4. The smallest absolute Gasteiger partial charge is 0.314 e. The van der Waals surface area contributed by atoms with Gasteiger partial charge in [0.05, 0.1) is 5.92 Å². The number of primary amides is 1. The van der Waals surface area contributed by atoms with Gasteiger partial charge in [-0.05, 0) is 30.9 Å². The fourth-order valence-corrected chi connectivity index (χ4v) is 3.27. The predicted molar refractivity (Wildman–Crippen MR) is 91.1 cm³/mol. The molecular formula is C18H27N3O2. The summed E-state index contributed by atoms with van der Waals surface area (Å²) in [5.74, 6) is -0.151. The SMILES string of the molecule is Cc1ccccc1C(C)(C)CNC(=O)[C@@H]1CCCN(C(N)=O)C1. The second kappa shape index (κ2) is 7.02. The Bertz CT molecular complexity index is 583. The minimum absolute atomic E-state index is 0.0117. The van der Waals surface area contributed by atoms with Crippen molar-refractivity contribution in [3.8, 4) is 0 Å². The number of carbonyl (C=O) groups is 2. The number of hydrogen-bond acceptors (Lipinski definition) is 2. The van der Waals surface area contributed by atoms with Crippen LogP contribution in [0.25, 0.3) is 0 Å². The number of hydrogen-bond donors (Lipinski definition) is 2. The molecular weight excluding hydrogens is 290 g/mol. The van der Waals surface area contributed by atoms with Gasteiger partial charge >= 0.3 is 6.03 Å². The van der Waals surface area contributed by atoms with Crippen LogP contribution in [0.1, 0.15) is 37.8 Å². The molecule has 3 amide bonds. The van der Waals surface area contributed by atoms with Crippen LogP contribution in [0.5, 0.6) is 0 Å². The van der Waals surface area contributed by atoms with Gasteiger partial charge in [0.2, 0.25) is 5.91 Å². The highest BCUT2D eigenvalue weighted by Crippen LogP contribution is 2.25. The van der Waals surface area contributed by atoms with Gasteiger partial charge in [0.1, 0.15) is 0 Å². The molecule has 1 saturated heterocycles. The van der Waals surface area contributed by atoms with E-state index in [2.05, 4.69) is 38.2 Å². The molecule has 1 fully saturated rings. The monoisotopic (exact) mass is 317 g/mol. The molecule has 2 rings (SSSR count). The topological polar surface area (TPSA) is 75.4 Å². The number of nitrogens with two attached hydrogens (primary N) is 1. The molecule has 0 saturated carbocycles. The first-order valence-corrected chi connectivity index (χ1v) is 8.19. The van der Waals surface area contributed by atoms with E-state index < -0.39 is 6.03 Å². The molecule has 5 heteroatoms. The van der Waals surface area contributed by atoms with Crippen LogP contribution in [0.3, 0.4) is 0 Å². The molecule has 0 bridgehead atoms. The lowest BCUT2D eigenvalue weighted by Crippen LogP contribution is -2.48. The Hall–Kier alpha value is -2.04. The highest BCUT2D eigenvalue weighted by molar-refractivity contribution is 5.80. The molecule has 1 aromatic rings. The molecule has 0 unspecified atom stereocenters. The van der Waals surface area contributed by atoms with Crippen molar-refractivity contribution in [2.45, 2.75) is 39.0 Å². The van der Waals surface area contributed by atoms with Crippen LogP contribution >= 0.6 is 0 Å². The molecule has 1 heterocycles. The van der Waals surface area contributed by atoms with Crippen LogP contribution < -0.4 is 11.1 Å². The van der Waals surface area contributed by atoms with E-state index in [1.165, 1.54) is 11.1 Å². The maximum absolute atomic E-state index is 12.4. The normalized spacial score (nSPS) is 18.6. The van der Waals surface area contributed by atoms with Gasteiger partial charge in [-0.25, -0.2) is 4.79 Å². The third-order valence-electron chi connectivity index (χ3n) is 4.68. The van der Waals surface area contributed by atoms with Crippen molar-refractivity contribution in [2.24, 2.45) is 11.7 Å². The summed E-state index contributed by atoms with van der Waals surface area (Å²) in [7, 11) is 0. The molecule has 1 atom stereocenters. The first kappa shape index (κ1) is 17.3. The van der Waals surface area contributed by atoms with Crippen LogP contribution in [0.4, 0.5) is 4.79 Å². The summed E-state index contributed by atoms with van der Waals surface area (Å²) in [6.07, 6.45) is 1.63. The number of urea groups is 1. The summed E-state index contributed by atoms with van der Waals surface area (Å²) in [4.78, 5) is 25.3. The molecule has 1 aliphatic heterocycles. The van der Waals surface area contributed by atoms with E-state index in [0.717, 1.165) is 12.8 Å². The van der Waals surface area contributed by atoms with Crippen molar-refractivity contribution in [3.63, 3.8) is 0 Å². The molecule has 5 nitrogen and oxygen atoms in total. The Kier molecular flexibility index (Phi) is 5.29. The van der Waals surface area contributed by atoms with E-state index in [1.807, 2.05) is 12.1 Å². The van der Waals surface area contributed by atoms with E-state index in [0.29, 0.717) is 19.6 Å². The van der Waals surface area contributed by atoms with Gasteiger partial charge in [0, 0.05) is 25.0 Å². The Balaban J connectivity index is 1.96. The minimum atomic E-state index is -0.442. The largest absolute Gasteiger partial charge is 0.355 e. The fraction of sp³-hybridized carbons (Fsp3) is 0.556. The Morgan fingerprint density at radius 2 is 2.04 bits per heavy atom. The van der Waals surface area contributed by atoms with Gasteiger partial charge in [-0.15, -0.1) is 0 Å². The van der Waals surface area contributed by atoms with Gasteiger partial charge in [-0.2, -0.15) is 0 Å². The average molecular weight is 317 g/mol. The average Bonchev–Trinajstić information content (AvgIpc) is 2.53. The lowest BCUT2D eigenvalue weighted by Gasteiger charge is -2.32. The summed E-state index contributed by atoms with van der Waals surface area (Å²) < 4.78 is 0. The van der Waals surface area contributed by atoms with Crippen LogP contribution in [0.2, 0.25) is 0 Å². The number of nitrogens with one attached hydrogen (secondary N) is 1. The summed E-state index contributed by atoms with van der Waals surface area (Å²) in [5, 5.41) is 3.06. The molecule has 0 aromatic heterocycles. The zero-order valence-corrected chi connectivity index (χ0v) is 14.3. The first-order valence-electron chi connectivity index (χ1n) is 8.19. The zero-order valence-electron chi connectivity index (χ0n) is 14.3. The van der Waals surface area contributed by atoms with Crippen molar-refractivity contribution in [3.05, 3.63) is 35.4 Å². The molecule has 1 aliphatic rings. The van der Waals surface area contributed by atoms with Crippen LogP contribution in [-0.4, -0.2) is 36.5 Å². The van der Waals surface area contributed by atoms with Gasteiger partial charge in [-0.3, -0.25) is 4.79 Å². The van der Waals surface area contributed by atoms with Crippen LogP contribution in [0, 0.1) is 12.8 Å². The summed E-state index contributed by atoms with van der Waals surface area (Å²) >= 11 is 0. The van der Waals surface area contributed by atoms with Crippen molar-refractivity contribution < 1.29 is 9.59 Å². The van der Waals surface area contributed by atoms with E-state index in [4.69, 9.17) is 5.73 Å². The predicted octanol–water partition coefficient (Wildman–Crippen LogP) is 2.18. The second-order valence-electron chi connectivity index (χ2n) is 7.04. The van der Waals surface area contributed by atoms with Gasteiger partial charge in [-0.1, -0.05) is 38.1 Å². The van der Waals surface area contributed by atoms with E-state index in [9.17, 15) is 9.59 Å². The number of carbonyl (C=O) groups excluding carboxylic acids is 2. The number of piperidine rings is 1. The van der Waals surface area contributed by atoms with Crippen LogP contribution in [-0.2, 0) is 10.2 Å². The van der Waals surface area contributed by atoms with Crippen molar-refractivity contribution in [2.75, 3.05) is 19.6 Å². The minimum Gasteiger partial charge on any atom is -0.355 e. The molecule has 1 aromatic carbocycles. The maximum Gasteiger partial charge on any atom is 0.314 e. The molecule has 23 heavy (non-hydrogen) atoms. The molecule has 3 N–H and O–H groups in total. The number of amides is 3. The lowest BCUT2D eigenvalue weighted by molar-refractivity contribution is -0.126. The van der Waals surface area contributed by atoms with E-state index >= 15 is 0 Å². The molecule has 0 spiro atoms. The maximum atomic E-state index is 12.4. The highest BCUT2D eigenvalue weighted by atomic mass is 16.2. The Morgan fingerprint density at radius 1 is 1.35 bits per heavy atom. The van der Waals surface area contributed by atoms with Gasteiger partial charge in [0.15, 0.2) is 0 Å². The van der Waals surface area contributed by atoms with Gasteiger partial charge in [0.25, 0.3) is 0 Å². The number of benzene rings is 1. The van der Waals surface area contributed by atoms with Gasteiger partial charge < -0.3 is 16.0 Å². The summed E-state index contributed by atoms with van der Waals surface area (Å²) in [6.45, 7) is 7.99. The van der Waals surface area contributed by atoms with E-state index in [1.54, 1.807) is 4.90 Å². The van der Waals surface area contributed by atoms with Crippen LogP contribution in [0.15, 0.2) is 24.3 Å². The third-order valence-corrected chi connectivity index (χ3v) is 4.68. The summed E-state index contributed by atoms with van der Waals surface area (Å²) in [5.41, 5.74) is 7.65. The standard InChI is InChI=1S/C18H27N3O2/c1-13-7-4-5-9-15(13)18(2,3)12-20-16(22)14-8-6-10-21(11-14)17(19)23/h4-5,7,9,14H,6,8,10-12H2,1-3H3,(H2,19,23)(H,20,22)/t14-/m1/s1. The summed E-state index contributed by atoms with van der Waals surface area (Å²) in [6, 6.07) is 7.80. The fourth-order valence-electron chi connectivity index (χ4n) is 3.27. The Morgan fingerprint density at radius 3 is 2.70 bits per heavy atom. The zero-order chi connectivity index (χ0) is 17.0. The number of aryl methyl sites for hydroxylation is 1. The van der Waals surface area contributed by atoms with Crippen molar-refractivity contribution in [1.82, 2.24) is 10.2 Å². The Labute approximate surface area is 138 Å². The third kappa shape index (κ3) is 4.24. The molecule has 0 aliphatic carbocycles. The first-order chi connectivity index (χ1) is 10.8. The number of nitrogens with zero attached hydrogens (tertiary/aromatic N) is 1. The molecule has 126 valence electrons. The second-order valence-corrected chi connectivity index (χ2v) is 7.04. The van der Waals surface area contributed by atoms with Crippen molar-refractivity contribution >= 4 is 11.9 Å². The number of likely N-dealkylation sites (tertiary alicyclic amines) is 1.